The summed E-state index contributed by atoms with van der Waals surface area (Å²) in [6.07, 6.45) is 9.18. The normalized spacial score (nSPS) is 11.4. The topological polar surface area (TPSA) is 125 Å². The zero-order valence-electron chi connectivity index (χ0n) is 20.4. The van der Waals surface area contributed by atoms with Crippen LogP contribution in [-0.4, -0.2) is 41.0 Å². The molecule has 0 bridgehead atoms. The van der Waals surface area contributed by atoms with Gasteiger partial charge in [0.1, 0.15) is 11.3 Å². The first-order valence-electron chi connectivity index (χ1n) is 12.0. The first kappa shape index (κ1) is 22.5. The van der Waals surface area contributed by atoms with Crippen molar-refractivity contribution in [2.75, 3.05) is 5.32 Å². The van der Waals surface area contributed by atoms with E-state index in [9.17, 15) is 4.79 Å². The van der Waals surface area contributed by atoms with E-state index in [2.05, 4.69) is 40.4 Å². The van der Waals surface area contributed by atoms with Crippen molar-refractivity contribution in [3.63, 3.8) is 0 Å². The highest BCUT2D eigenvalue weighted by molar-refractivity contribution is 5.99. The van der Waals surface area contributed by atoms with Crippen LogP contribution < -0.4 is 5.32 Å². The zero-order valence-corrected chi connectivity index (χ0v) is 20.4. The summed E-state index contributed by atoms with van der Waals surface area (Å²) in [5.74, 6) is 0.249. The quantitative estimate of drug-likeness (QED) is 0.280. The van der Waals surface area contributed by atoms with Crippen LogP contribution in [0.15, 0.2) is 73.4 Å². The van der Waals surface area contributed by atoms with Crippen LogP contribution in [0.5, 0.6) is 0 Å². The smallest absolute Gasteiger partial charge is 0.224 e. The number of H-pyrrole nitrogens is 2. The van der Waals surface area contributed by atoms with Gasteiger partial charge in [0.15, 0.2) is 5.65 Å². The van der Waals surface area contributed by atoms with Crippen LogP contribution in [0.2, 0.25) is 0 Å². The van der Waals surface area contributed by atoms with Crippen molar-refractivity contribution < 1.29 is 4.79 Å². The molecule has 37 heavy (non-hydrogen) atoms. The highest BCUT2D eigenvalue weighted by atomic mass is 16.1. The molecule has 182 valence electrons. The first-order valence-corrected chi connectivity index (χ1v) is 12.0. The summed E-state index contributed by atoms with van der Waals surface area (Å²) >= 11 is 0. The maximum atomic E-state index is 12.2. The molecule has 6 aromatic heterocycles. The Kier molecular flexibility index (Phi) is 5.65. The fourth-order valence-electron chi connectivity index (χ4n) is 4.42. The Morgan fingerprint density at radius 3 is 2.65 bits per heavy atom. The minimum absolute atomic E-state index is 0.0304. The molecule has 6 aromatic rings. The number of anilines is 1. The summed E-state index contributed by atoms with van der Waals surface area (Å²) in [6, 6.07) is 13.8. The van der Waals surface area contributed by atoms with Gasteiger partial charge in [-0.3, -0.25) is 19.9 Å². The highest BCUT2D eigenvalue weighted by Gasteiger charge is 2.16. The summed E-state index contributed by atoms with van der Waals surface area (Å²) in [7, 11) is 0. The largest absolute Gasteiger partial charge is 0.338 e. The summed E-state index contributed by atoms with van der Waals surface area (Å²) in [4.78, 5) is 33.5. The Bertz CT molecular complexity index is 1740. The molecule has 0 aromatic carbocycles. The number of amides is 1. The minimum Gasteiger partial charge on any atom is -0.338 e. The summed E-state index contributed by atoms with van der Waals surface area (Å²) in [5, 5.41) is 12.3. The predicted octanol–water partition coefficient (Wildman–Crippen LogP) is 5.61. The summed E-state index contributed by atoms with van der Waals surface area (Å²) < 4.78 is 0. The second-order valence-electron chi connectivity index (χ2n) is 9.32. The lowest BCUT2D eigenvalue weighted by atomic mass is 10.1. The molecule has 9 nitrogen and oxygen atoms in total. The number of rotatable bonds is 6. The third kappa shape index (κ3) is 4.42. The molecular formula is C28H24N8O. The summed E-state index contributed by atoms with van der Waals surface area (Å²) in [6.45, 7) is 4.03. The van der Waals surface area contributed by atoms with E-state index >= 15 is 0 Å². The van der Waals surface area contributed by atoms with Crippen molar-refractivity contribution in [2.45, 2.75) is 20.3 Å². The van der Waals surface area contributed by atoms with Gasteiger partial charge in [-0.1, -0.05) is 19.9 Å². The Morgan fingerprint density at radius 2 is 1.81 bits per heavy atom. The van der Waals surface area contributed by atoms with E-state index in [1.165, 1.54) is 0 Å². The number of aromatic amines is 2. The van der Waals surface area contributed by atoms with E-state index in [1.807, 2.05) is 56.3 Å². The average molecular weight is 489 g/mol. The van der Waals surface area contributed by atoms with E-state index < -0.39 is 0 Å². The second kappa shape index (κ2) is 9.27. The number of pyridine rings is 4. The molecule has 0 atom stereocenters. The molecule has 9 heteroatoms. The van der Waals surface area contributed by atoms with Gasteiger partial charge < -0.3 is 10.3 Å². The molecule has 0 aliphatic heterocycles. The van der Waals surface area contributed by atoms with Crippen LogP contribution in [0.3, 0.4) is 0 Å². The molecule has 0 saturated carbocycles. The molecule has 0 aliphatic rings. The number of aromatic nitrogens is 7. The zero-order chi connectivity index (χ0) is 25.4. The fraction of sp³-hybridized carbons (Fsp3) is 0.143. The number of nitrogens with zero attached hydrogens (tertiary/aromatic N) is 5. The molecule has 6 heterocycles. The van der Waals surface area contributed by atoms with Crippen molar-refractivity contribution in [3.05, 3.63) is 73.4 Å². The van der Waals surface area contributed by atoms with Crippen LogP contribution in [0.1, 0.15) is 20.3 Å². The number of carbonyl (C=O) groups excluding carboxylic acids is 1. The number of carbonyl (C=O) groups is 1. The minimum atomic E-state index is -0.0304. The maximum absolute atomic E-state index is 12.2. The van der Waals surface area contributed by atoms with Gasteiger partial charge >= 0.3 is 0 Å². The van der Waals surface area contributed by atoms with Crippen LogP contribution in [0, 0.1) is 5.92 Å². The van der Waals surface area contributed by atoms with E-state index in [0.717, 1.165) is 50.2 Å². The lowest BCUT2D eigenvalue weighted by Crippen LogP contribution is -2.13. The van der Waals surface area contributed by atoms with E-state index in [-0.39, 0.29) is 11.8 Å². The average Bonchev–Trinajstić information content (AvgIpc) is 3.52. The van der Waals surface area contributed by atoms with Crippen LogP contribution in [-0.2, 0) is 4.79 Å². The van der Waals surface area contributed by atoms with Crippen molar-refractivity contribution in [1.29, 1.82) is 0 Å². The molecule has 0 unspecified atom stereocenters. The van der Waals surface area contributed by atoms with Gasteiger partial charge in [-0.2, -0.15) is 5.10 Å². The van der Waals surface area contributed by atoms with Gasteiger partial charge in [0.05, 0.1) is 23.3 Å². The number of hydrogen-bond acceptors (Lipinski definition) is 6. The van der Waals surface area contributed by atoms with E-state index in [0.29, 0.717) is 17.8 Å². The predicted molar refractivity (Wildman–Crippen MR) is 144 cm³/mol. The standard InChI is InChI=1S/C28H24N8O/c1-16(2)9-25(37)33-19-10-17(13-29-15-19)18-11-22-26(35-36-28(22)32-14-18)24-12-21-20(6-8-31-27(21)34-24)23-5-3-4-7-30-23/h3-8,10-16H,9H2,1-2H3,(H,31,34)(H,33,37)(H,32,35,36). The number of hydrogen-bond donors (Lipinski definition) is 3. The lowest BCUT2D eigenvalue weighted by Gasteiger charge is -2.08. The molecular weight excluding hydrogens is 464 g/mol. The van der Waals surface area contributed by atoms with Crippen LogP contribution >= 0.6 is 0 Å². The Balaban J connectivity index is 1.38. The molecule has 0 saturated heterocycles. The Morgan fingerprint density at radius 1 is 0.919 bits per heavy atom. The van der Waals surface area contributed by atoms with Gasteiger partial charge in [0, 0.05) is 58.7 Å². The SMILES string of the molecule is CC(C)CC(=O)Nc1cncc(-c2cnc3[nH]nc(-c4cc5c(-c6ccccn6)ccnc5[nH]4)c3c2)c1. The Hall–Kier alpha value is -4.92. The van der Waals surface area contributed by atoms with Crippen molar-refractivity contribution in [3.8, 4) is 33.8 Å². The van der Waals surface area contributed by atoms with Gasteiger partial charge in [-0.25, -0.2) is 9.97 Å². The van der Waals surface area contributed by atoms with E-state index in [1.54, 1.807) is 31.0 Å². The molecule has 0 spiro atoms. The molecule has 6 rings (SSSR count). The Labute approximate surface area is 212 Å². The third-order valence-electron chi connectivity index (χ3n) is 6.09. The number of nitrogens with one attached hydrogen (secondary N) is 3. The maximum Gasteiger partial charge on any atom is 0.224 e. The second-order valence-corrected chi connectivity index (χ2v) is 9.32. The monoisotopic (exact) mass is 488 g/mol. The summed E-state index contributed by atoms with van der Waals surface area (Å²) in [5.41, 5.74) is 7.23. The molecule has 3 N–H and O–H groups in total. The van der Waals surface area contributed by atoms with Crippen molar-refractivity contribution >= 4 is 33.7 Å². The molecule has 0 aliphatic carbocycles. The van der Waals surface area contributed by atoms with Gasteiger partial charge in [0.2, 0.25) is 5.91 Å². The van der Waals surface area contributed by atoms with Crippen LogP contribution in [0.25, 0.3) is 55.8 Å². The molecule has 0 radical (unpaired) electrons. The van der Waals surface area contributed by atoms with Crippen molar-refractivity contribution in [2.24, 2.45) is 5.92 Å². The van der Waals surface area contributed by atoms with Gasteiger partial charge in [-0.05, 0) is 42.3 Å². The van der Waals surface area contributed by atoms with Gasteiger partial charge in [0.25, 0.3) is 0 Å². The molecule has 1 amide bonds. The van der Waals surface area contributed by atoms with Crippen molar-refractivity contribution in [1.82, 2.24) is 35.1 Å². The van der Waals surface area contributed by atoms with Crippen LogP contribution in [0.4, 0.5) is 5.69 Å². The lowest BCUT2D eigenvalue weighted by molar-refractivity contribution is -0.116. The van der Waals surface area contributed by atoms with E-state index in [4.69, 9.17) is 0 Å². The first-order chi connectivity index (χ1) is 18.0. The fourth-order valence-corrected chi connectivity index (χ4v) is 4.42. The number of fused-ring (bicyclic) bond motifs is 2. The third-order valence-corrected chi connectivity index (χ3v) is 6.09. The molecule has 0 fully saturated rings. The highest BCUT2D eigenvalue weighted by Crippen LogP contribution is 2.33. The van der Waals surface area contributed by atoms with Gasteiger partial charge in [-0.15, -0.1) is 0 Å².